The van der Waals surface area contributed by atoms with Gasteiger partial charge >= 0.3 is 0 Å². The quantitative estimate of drug-likeness (QED) is 0.374. The van der Waals surface area contributed by atoms with Crippen LogP contribution >= 0.6 is 0 Å². The first-order valence-electron chi connectivity index (χ1n) is 12.0. The van der Waals surface area contributed by atoms with Crippen LogP contribution in [0.5, 0.6) is 5.75 Å². The van der Waals surface area contributed by atoms with Crippen LogP contribution in [0.1, 0.15) is 22.7 Å². The lowest BCUT2D eigenvalue weighted by Crippen LogP contribution is -2.36. The van der Waals surface area contributed by atoms with Crippen molar-refractivity contribution in [2.24, 2.45) is 0 Å². The molecule has 5 aromatic rings. The van der Waals surface area contributed by atoms with E-state index in [1.54, 1.807) is 6.20 Å². The number of ether oxygens (including phenoxy) is 1. The minimum Gasteiger partial charge on any atom is -0.489 e. The minimum absolute atomic E-state index is 0.0829. The highest BCUT2D eigenvalue weighted by Gasteiger charge is 2.28. The summed E-state index contributed by atoms with van der Waals surface area (Å²) in [4.78, 5) is 10.9. The number of nitrogen functional groups attached to an aromatic ring is 2. The molecule has 8 heteroatoms. The average Bonchev–Trinajstić information content (AvgIpc) is 3.33. The van der Waals surface area contributed by atoms with E-state index in [0.29, 0.717) is 18.1 Å². The molecule has 1 atom stereocenters. The van der Waals surface area contributed by atoms with Crippen molar-refractivity contribution in [3.63, 3.8) is 0 Å². The number of nitrogens with zero attached hydrogens (tertiary/aromatic N) is 5. The Morgan fingerprint density at radius 1 is 0.861 bits per heavy atom. The molecule has 1 aliphatic heterocycles. The van der Waals surface area contributed by atoms with Crippen molar-refractivity contribution in [1.29, 1.82) is 0 Å². The molecule has 3 heterocycles. The zero-order valence-corrected chi connectivity index (χ0v) is 19.8. The monoisotopic (exact) mass is 477 g/mol. The fraction of sp³-hybridized carbons (Fsp3) is 0.179. The third kappa shape index (κ3) is 4.29. The van der Waals surface area contributed by atoms with E-state index in [1.807, 2.05) is 35.0 Å². The Morgan fingerprint density at radius 3 is 2.47 bits per heavy atom. The van der Waals surface area contributed by atoms with Crippen molar-refractivity contribution in [3.8, 4) is 5.75 Å². The predicted molar refractivity (Wildman–Crippen MR) is 142 cm³/mol. The largest absolute Gasteiger partial charge is 0.489 e. The predicted octanol–water partition coefficient (Wildman–Crippen LogP) is 4.37. The van der Waals surface area contributed by atoms with Crippen LogP contribution in [0.3, 0.4) is 0 Å². The second-order valence-corrected chi connectivity index (χ2v) is 9.08. The van der Waals surface area contributed by atoms with Gasteiger partial charge in [0.1, 0.15) is 18.2 Å². The van der Waals surface area contributed by atoms with Crippen LogP contribution in [0.4, 0.5) is 17.5 Å². The number of rotatable bonds is 6. The number of hydrogen-bond donors (Lipinski definition) is 2. The summed E-state index contributed by atoms with van der Waals surface area (Å²) in [5.74, 6) is 1.37. The molecule has 1 aliphatic rings. The Bertz CT molecular complexity index is 1500. The summed E-state index contributed by atoms with van der Waals surface area (Å²) in [6.07, 6.45) is 2.57. The zero-order chi connectivity index (χ0) is 24.5. The van der Waals surface area contributed by atoms with Crippen molar-refractivity contribution in [2.45, 2.75) is 25.6 Å². The van der Waals surface area contributed by atoms with Gasteiger partial charge in [0.15, 0.2) is 5.65 Å². The van der Waals surface area contributed by atoms with Crippen molar-refractivity contribution < 1.29 is 4.74 Å². The van der Waals surface area contributed by atoms with Crippen LogP contribution in [0.25, 0.3) is 11.0 Å². The molecule has 0 saturated heterocycles. The lowest BCUT2D eigenvalue weighted by Gasteiger charge is -2.36. The number of aromatic nitrogens is 4. The molecular formula is C28H27N7O. The van der Waals surface area contributed by atoms with Crippen LogP contribution < -0.4 is 21.1 Å². The second kappa shape index (κ2) is 9.22. The van der Waals surface area contributed by atoms with Gasteiger partial charge in [-0.15, -0.1) is 0 Å². The summed E-state index contributed by atoms with van der Waals surface area (Å²) >= 11 is 0. The molecule has 8 nitrogen and oxygen atoms in total. The Balaban J connectivity index is 1.23. The topological polar surface area (TPSA) is 108 Å². The summed E-state index contributed by atoms with van der Waals surface area (Å²) < 4.78 is 7.90. The van der Waals surface area contributed by atoms with E-state index in [9.17, 15) is 0 Å². The highest BCUT2D eigenvalue weighted by molar-refractivity contribution is 5.86. The molecule has 0 saturated carbocycles. The molecule has 6 rings (SSSR count). The van der Waals surface area contributed by atoms with Crippen molar-refractivity contribution in [2.75, 3.05) is 22.9 Å². The van der Waals surface area contributed by atoms with E-state index in [4.69, 9.17) is 16.2 Å². The Morgan fingerprint density at radius 2 is 1.64 bits per heavy atom. The maximum Gasteiger partial charge on any atom is 0.224 e. The lowest BCUT2D eigenvalue weighted by atomic mass is 9.97. The highest BCUT2D eigenvalue weighted by atomic mass is 16.5. The molecule has 0 fully saturated rings. The molecule has 2 aromatic heterocycles. The Kier molecular flexibility index (Phi) is 5.61. The van der Waals surface area contributed by atoms with E-state index in [-0.39, 0.29) is 12.0 Å². The summed E-state index contributed by atoms with van der Waals surface area (Å²) in [6.45, 7) is 2.10. The van der Waals surface area contributed by atoms with Crippen LogP contribution in [0.2, 0.25) is 0 Å². The van der Waals surface area contributed by atoms with Gasteiger partial charge in [-0.25, -0.2) is 4.68 Å². The number of benzene rings is 3. The van der Waals surface area contributed by atoms with Crippen LogP contribution in [-0.2, 0) is 19.6 Å². The maximum atomic E-state index is 6.07. The molecule has 180 valence electrons. The molecule has 0 aliphatic carbocycles. The summed E-state index contributed by atoms with van der Waals surface area (Å²) in [5, 5.41) is 5.35. The summed E-state index contributed by atoms with van der Waals surface area (Å²) in [7, 11) is 0. The lowest BCUT2D eigenvalue weighted by molar-refractivity contribution is 0.306. The first kappa shape index (κ1) is 21.9. The number of hydrogen-bond acceptors (Lipinski definition) is 7. The molecule has 0 radical (unpaired) electrons. The fourth-order valence-corrected chi connectivity index (χ4v) is 4.86. The van der Waals surface area contributed by atoms with Crippen molar-refractivity contribution in [1.82, 2.24) is 19.7 Å². The SMILES string of the molecule is Nc1nc(N)c2cnn(C3Cc4ccccc4N(Cc4ccc(OCc5ccccc5)cc4)C3)c2n1. The summed E-state index contributed by atoms with van der Waals surface area (Å²) in [5.41, 5.74) is 17.5. The number of anilines is 3. The molecule has 0 bridgehead atoms. The van der Waals surface area contributed by atoms with Gasteiger partial charge in [0, 0.05) is 18.8 Å². The highest BCUT2D eigenvalue weighted by Crippen LogP contribution is 2.34. The van der Waals surface area contributed by atoms with Gasteiger partial charge in [0.05, 0.1) is 17.6 Å². The molecular weight excluding hydrogens is 450 g/mol. The molecule has 3 aromatic carbocycles. The van der Waals surface area contributed by atoms with Crippen LogP contribution in [-0.4, -0.2) is 26.3 Å². The van der Waals surface area contributed by atoms with Crippen LogP contribution in [0, 0.1) is 0 Å². The van der Waals surface area contributed by atoms with Crippen molar-refractivity contribution in [3.05, 3.63) is 102 Å². The van der Waals surface area contributed by atoms with Gasteiger partial charge in [0.2, 0.25) is 5.95 Å². The molecule has 4 N–H and O–H groups in total. The van der Waals surface area contributed by atoms with E-state index in [1.165, 1.54) is 16.8 Å². The molecule has 0 spiro atoms. The van der Waals surface area contributed by atoms with E-state index >= 15 is 0 Å². The van der Waals surface area contributed by atoms with E-state index < -0.39 is 0 Å². The third-order valence-electron chi connectivity index (χ3n) is 6.61. The number of nitrogens with two attached hydrogens (primary N) is 2. The van der Waals surface area contributed by atoms with Gasteiger partial charge in [-0.05, 0) is 41.3 Å². The fourth-order valence-electron chi connectivity index (χ4n) is 4.86. The molecule has 1 unspecified atom stereocenters. The van der Waals surface area contributed by atoms with E-state index in [0.717, 1.165) is 36.2 Å². The third-order valence-corrected chi connectivity index (χ3v) is 6.61. The van der Waals surface area contributed by atoms with Crippen LogP contribution in [0.15, 0.2) is 85.1 Å². The minimum atomic E-state index is 0.0829. The molecule has 36 heavy (non-hydrogen) atoms. The Hall–Kier alpha value is -4.59. The average molecular weight is 478 g/mol. The van der Waals surface area contributed by atoms with Gasteiger partial charge in [-0.1, -0.05) is 60.7 Å². The number of fused-ring (bicyclic) bond motifs is 2. The van der Waals surface area contributed by atoms with E-state index in [2.05, 4.69) is 68.5 Å². The first-order chi connectivity index (χ1) is 17.6. The maximum absolute atomic E-state index is 6.07. The first-order valence-corrected chi connectivity index (χ1v) is 12.0. The van der Waals surface area contributed by atoms with Gasteiger partial charge < -0.3 is 21.1 Å². The van der Waals surface area contributed by atoms with Gasteiger partial charge in [-0.3, -0.25) is 0 Å². The smallest absolute Gasteiger partial charge is 0.224 e. The standard InChI is InChI=1S/C28H27N7O/c29-26-24-15-31-35(27(24)33-28(30)32-26)22-14-21-8-4-5-9-25(21)34(17-22)16-19-10-12-23(13-11-19)36-18-20-6-2-1-3-7-20/h1-13,15,22H,14,16-18H2,(H4,29,30,32,33). The van der Waals surface area contributed by atoms with Gasteiger partial charge in [0.25, 0.3) is 0 Å². The van der Waals surface area contributed by atoms with Crippen molar-refractivity contribution >= 4 is 28.5 Å². The molecule has 0 amide bonds. The Labute approximate surface area is 209 Å². The zero-order valence-electron chi connectivity index (χ0n) is 19.8. The van der Waals surface area contributed by atoms with Gasteiger partial charge in [-0.2, -0.15) is 15.1 Å². The normalized spacial score (nSPS) is 15.1. The second-order valence-electron chi connectivity index (χ2n) is 9.08. The summed E-state index contributed by atoms with van der Waals surface area (Å²) in [6, 6.07) is 27.1. The number of para-hydroxylation sites is 1.